The first-order chi connectivity index (χ1) is 11.2. The third kappa shape index (κ3) is 2.96. The molecule has 2 aliphatic rings. The molecule has 0 amide bonds. The highest BCUT2D eigenvalue weighted by Crippen LogP contribution is 2.26. The zero-order valence-corrected chi connectivity index (χ0v) is 13.9. The number of benzene rings is 2. The Kier molecular flexibility index (Phi) is 4.37. The number of rotatable bonds is 4. The Morgan fingerprint density at radius 2 is 1.87 bits per heavy atom. The zero-order valence-electron chi connectivity index (χ0n) is 13.9. The van der Waals surface area contributed by atoms with Crippen molar-refractivity contribution in [2.24, 2.45) is 0 Å². The Labute approximate surface area is 137 Å². The maximum absolute atomic E-state index is 6.09. The van der Waals surface area contributed by atoms with Gasteiger partial charge in [0.1, 0.15) is 17.8 Å². The molecule has 0 aromatic heterocycles. The van der Waals surface area contributed by atoms with Crippen molar-refractivity contribution in [1.82, 2.24) is 9.47 Å². The summed E-state index contributed by atoms with van der Waals surface area (Å²) in [5.74, 6) is 0.746. The van der Waals surface area contributed by atoms with E-state index in [0.717, 1.165) is 53.2 Å². The van der Waals surface area contributed by atoms with Crippen molar-refractivity contribution < 1.29 is 4.42 Å². The molecule has 0 unspecified atom stereocenters. The van der Waals surface area contributed by atoms with Crippen LogP contribution < -0.4 is 14.7 Å². The number of anilines is 1. The lowest BCUT2D eigenvalue weighted by Gasteiger charge is -2.21. The van der Waals surface area contributed by atoms with Gasteiger partial charge in [-0.1, -0.05) is 0 Å². The molecule has 0 spiro atoms. The molecule has 3 rings (SSSR count). The highest BCUT2D eigenvalue weighted by atomic mass is 16.3. The Hall–Kier alpha value is -2.30. The number of hydrogen-bond acceptors (Lipinski definition) is 3. The largest absolute Gasteiger partial charge is 0.580 e. The molecule has 1 aromatic rings. The van der Waals surface area contributed by atoms with Gasteiger partial charge in [-0.25, -0.2) is 4.98 Å². The van der Waals surface area contributed by atoms with Crippen LogP contribution in [0.3, 0.4) is 0 Å². The van der Waals surface area contributed by atoms with Gasteiger partial charge >= 0.3 is 7.98 Å². The molecule has 1 aliphatic heterocycles. The van der Waals surface area contributed by atoms with Gasteiger partial charge in [-0.05, 0) is 39.0 Å². The monoisotopic (exact) mass is 306 g/mol. The van der Waals surface area contributed by atoms with E-state index < -0.39 is 0 Å². The first-order valence-electron chi connectivity index (χ1n) is 8.11. The molecule has 2 radical (unpaired) electrons. The van der Waals surface area contributed by atoms with Gasteiger partial charge < -0.3 is 13.8 Å². The number of aromatic nitrogens is 1. The van der Waals surface area contributed by atoms with Crippen LogP contribution in [0.5, 0.6) is 0 Å². The van der Waals surface area contributed by atoms with Crippen LogP contribution in [0.15, 0.2) is 40.8 Å². The van der Waals surface area contributed by atoms with E-state index >= 15 is 0 Å². The van der Waals surface area contributed by atoms with E-state index in [4.69, 9.17) is 12.4 Å². The van der Waals surface area contributed by atoms with Crippen molar-refractivity contribution >= 4 is 24.8 Å². The van der Waals surface area contributed by atoms with Crippen molar-refractivity contribution in [2.45, 2.75) is 20.8 Å². The lowest BCUT2D eigenvalue weighted by molar-refractivity contribution is 0.611. The molecule has 116 valence electrons. The molecule has 1 aliphatic carbocycles. The molecule has 1 heterocycles. The van der Waals surface area contributed by atoms with Crippen LogP contribution in [0.25, 0.3) is 22.6 Å². The first-order valence-corrected chi connectivity index (χ1v) is 8.11. The van der Waals surface area contributed by atoms with Gasteiger partial charge in [0, 0.05) is 30.9 Å². The SMILES string of the molecule is [B]/[N+](CC)=c1\ccc2nc3ccc(N(CC)CC)cc3oc-2c1. The fourth-order valence-corrected chi connectivity index (χ4v) is 2.75. The Bertz CT molecular complexity index is 868. The smallest absolute Gasteiger partial charge is 0.452 e. The molecule has 0 bridgehead atoms. The molecule has 0 saturated carbocycles. The molecular formula is C18H21BN3O+. The van der Waals surface area contributed by atoms with Gasteiger partial charge in [0.15, 0.2) is 16.7 Å². The summed E-state index contributed by atoms with van der Waals surface area (Å²) in [5.41, 5.74) is 3.64. The van der Waals surface area contributed by atoms with E-state index in [2.05, 4.69) is 35.9 Å². The summed E-state index contributed by atoms with van der Waals surface area (Å²) in [6.45, 7) is 8.97. The summed E-state index contributed by atoms with van der Waals surface area (Å²) in [4.78, 5) is 6.97. The minimum Gasteiger partial charge on any atom is -0.452 e. The second-order valence-electron chi connectivity index (χ2n) is 5.48. The second-order valence-corrected chi connectivity index (χ2v) is 5.48. The topological polar surface area (TPSA) is 32.3 Å². The average Bonchev–Trinajstić information content (AvgIpc) is 2.59. The van der Waals surface area contributed by atoms with Crippen molar-refractivity contribution in [1.29, 1.82) is 0 Å². The average molecular weight is 306 g/mol. The summed E-state index contributed by atoms with van der Waals surface area (Å²) in [6.07, 6.45) is 0. The standard InChI is InChI=1S/C18H21BN3O/c1-4-21(5-2)13-7-9-15-17(11-13)23-18-12-14(22(19)6-3)8-10-16(18)20-15/h7-12H,4-6H2,1-3H3/q+1. The van der Waals surface area contributed by atoms with Crippen LogP contribution in [0.2, 0.25) is 0 Å². The molecule has 0 N–H and O–H groups in total. The van der Waals surface area contributed by atoms with Crippen LogP contribution in [0.1, 0.15) is 20.8 Å². The summed E-state index contributed by atoms with van der Waals surface area (Å²) in [7, 11) is 5.96. The van der Waals surface area contributed by atoms with Gasteiger partial charge in [0.2, 0.25) is 0 Å². The van der Waals surface area contributed by atoms with Crippen LogP contribution in [-0.4, -0.2) is 32.6 Å². The number of fused-ring (bicyclic) bond motifs is 2. The minimum absolute atomic E-state index is 0.735. The van der Waals surface area contributed by atoms with E-state index in [0.29, 0.717) is 0 Å². The van der Waals surface area contributed by atoms with E-state index in [1.807, 2.05) is 31.2 Å². The van der Waals surface area contributed by atoms with Crippen molar-refractivity contribution in [2.75, 3.05) is 24.5 Å². The van der Waals surface area contributed by atoms with Crippen LogP contribution in [0, 0.1) is 0 Å². The summed E-state index contributed by atoms with van der Waals surface area (Å²) in [6, 6.07) is 12.0. The van der Waals surface area contributed by atoms with E-state index in [-0.39, 0.29) is 0 Å². The normalized spacial score (nSPS) is 12.7. The number of hydrogen-bond donors (Lipinski definition) is 0. The van der Waals surface area contributed by atoms with Crippen molar-refractivity contribution in [3.8, 4) is 11.5 Å². The molecule has 1 aromatic carbocycles. The van der Waals surface area contributed by atoms with Crippen molar-refractivity contribution in [3.05, 3.63) is 41.8 Å². The Balaban J connectivity index is 2.20. The van der Waals surface area contributed by atoms with Crippen molar-refractivity contribution in [3.63, 3.8) is 0 Å². The van der Waals surface area contributed by atoms with Gasteiger partial charge in [0.25, 0.3) is 0 Å². The summed E-state index contributed by atoms with van der Waals surface area (Å²) >= 11 is 0. The van der Waals surface area contributed by atoms with E-state index in [1.165, 1.54) is 0 Å². The molecule has 23 heavy (non-hydrogen) atoms. The molecule has 0 atom stereocenters. The molecule has 0 fully saturated rings. The van der Waals surface area contributed by atoms with Gasteiger partial charge in [-0.15, -0.1) is 0 Å². The summed E-state index contributed by atoms with van der Waals surface area (Å²) < 4.78 is 7.78. The highest BCUT2D eigenvalue weighted by molar-refractivity contribution is 6.05. The predicted molar refractivity (Wildman–Crippen MR) is 95.8 cm³/mol. The Morgan fingerprint density at radius 1 is 1.09 bits per heavy atom. The van der Waals surface area contributed by atoms with E-state index in [1.54, 1.807) is 4.49 Å². The molecule has 5 heteroatoms. The second kappa shape index (κ2) is 6.45. The summed E-state index contributed by atoms with van der Waals surface area (Å²) in [5, 5.41) is 0.921. The highest BCUT2D eigenvalue weighted by Gasteiger charge is 2.12. The third-order valence-corrected chi connectivity index (χ3v) is 4.15. The zero-order chi connectivity index (χ0) is 16.4. The fourth-order valence-electron chi connectivity index (χ4n) is 2.75. The van der Waals surface area contributed by atoms with Gasteiger partial charge in [-0.2, -0.15) is 0 Å². The molecular weight excluding hydrogens is 285 g/mol. The van der Waals surface area contributed by atoms with Crippen LogP contribution >= 0.6 is 0 Å². The van der Waals surface area contributed by atoms with Gasteiger partial charge in [-0.3, -0.25) is 0 Å². The van der Waals surface area contributed by atoms with E-state index in [9.17, 15) is 0 Å². The van der Waals surface area contributed by atoms with Crippen LogP contribution in [-0.2, 0) is 0 Å². The molecule has 0 saturated heterocycles. The first kappa shape index (κ1) is 15.6. The Morgan fingerprint density at radius 3 is 2.57 bits per heavy atom. The predicted octanol–water partition coefficient (Wildman–Crippen LogP) is 2.65. The molecule has 4 nitrogen and oxygen atoms in total. The lowest BCUT2D eigenvalue weighted by Crippen LogP contribution is -2.26. The maximum Gasteiger partial charge on any atom is 0.580 e. The van der Waals surface area contributed by atoms with Gasteiger partial charge in [0.05, 0.1) is 6.07 Å². The number of nitrogens with zero attached hydrogens (tertiary/aromatic N) is 3. The third-order valence-electron chi connectivity index (χ3n) is 4.15. The maximum atomic E-state index is 6.09. The fraction of sp³-hybridized carbons (Fsp3) is 0.333. The van der Waals surface area contributed by atoms with Crippen LogP contribution in [0.4, 0.5) is 5.69 Å². The quantitative estimate of drug-likeness (QED) is 0.549. The lowest BCUT2D eigenvalue weighted by atomic mass is 10.2. The minimum atomic E-state index is 0.735.